The highest BCUT2D eigenvalue weighted by Gasteiger charge is 2.00. The molecule has 0 atom stereocenters. The first-order valence-corrected chi connectivity index (χ1v) is 6.78. The van der Waals surface area contributed by atoms with Gasteiger partial charge in [-0.25, -0.2) is 0 Å². The van der Waals surface area contributed by atoms with Crippen LogP contribution in [0.5, 0.6) is 5.75 Å². The molecule has 0 aliphatic rings. The summed E-state index contributed by atoms with van der Waals surface area (Å²) in [6, 6.07) is 8.10. The molecule has 0 heterocycles. The van der Waals surface area contributed by atoms with Gasteiger partial charge in [-0.2, -0.15) is 0 Å². The SMILES string of the molecule is CCCCOCCCNCc1ccccc1OC. The molecule has 0 spiro atoms. The molecule has 102 valence electrons. The molecule has 0 saturated heterocycles. The fourth-order valence-electron chi connectivity index (χ4n) is 1.72. The topological polar surface area (TPSA) is 30.5 Å². The highest BCUT2D eigenvalue weighted by atomic mass is 16.5. The summed E-state index contributed by atoms with van der Waals surface area (Å²) in [5.41, 5.74) is 1.20. The van der Waals surface area contributed by atoms with Crippen LogP contribution in [0.15, 0.2) is 24.3 Å². The Hall–Kier alpha value is -1.06. The molecule has 0 fully saturated rings. The largest absolute Gasteiger partial charge is 0.496 e. The second-order valence-corrected chi connectivity index (χ2v) is 4.31. The van der Waals surface area contributed by atoms with E-state index in [1.54, 1.807) is 7.11 Å². The summed E-state index contributed by atoms with van der Waals surface area (Å²) in [6.07, 6.45) is 3.42. The minimum Gasteiger partial charge on any atom is -0.496 e. The predicted molar refractivity (Wildman–Crippen MR) is 75.0 cm³/mol. The van der Waals surface area contributed by atoms with Gasteiger partial charge in [-0.1, -0.05) is 31.5 Å². The quantitative estimate of drug-likeness (QED) is 0.648. The lowest BCUT2D eigenvalue weighted by Gasteiger charge is -2.09. The Morgan fingerprint density at radius 1 is 1.11 bits per heavy atom. The molecule has 18 heavy (non-hydrogen) atoms. The molecule has 3 nitrogen and oxygen atoms in total. The van der Waals surface area contributed by atoms with Gasteiger partial charge in [-0.15, -0.1) is 0 Å². The third kappa shape index (κ3) is 6.03. The van der Waals surface area contributed by atoms with Crippen molar-refractivity contribution in [3.8, 4) is 5.75 Å². The number of hydrogen-bond acceptors (Lipinski definition) is 3. The third-order valence-electron chi connectivity index (χ3n) is 2.79. The smallest absolute Gasteiger partial charge is 0.123 e. The normalized spacial score (nSPS) is 10.6. The molecule has 0 amide bonds. The molecule has 1 aromatic rings. The molecule has 0 aromatic heterocycles. The fraction of sp³-hybridized carbons (Fsp3) is 0.600. The van der Waals surface area contributed by atoms with Gasteiger partial charge in [-0.05, 0) is 25.5 Å². The van der Waals surface area contributed by atoms with Crippen LogP contribution in [0, 0.1) is 0 Å². The van der Waals surface area contributed by atoms with Crippen LogP contribution in [0.25, 0.3) is 0 Å². The van der Waals surface area contributed by atoms with Crippen molar-refractivity contribution in [1.82, 2.24) is 5.32 Å². The van der Waals surface area contributed by atoms with Gasteiger partial charge in [0.25, 0.3) is 0 Å². The third-order valence-corrected chi connectivity index (χ3v) is 2.79. The van der Waals surface area contributed by atoms with Gasteiger partial charge in [0.2, 0.25) is 0 Å². The van der Waals surface area contributed by atoms with E-state index in [2.05, 4.69) is 18.3 Å². The Kier molecular flexibility index (Phi) is 8.26. The van der Waals surface area contributed by atoms with Crippen molar-refractivity contribution in [3.63, 3.8) is 0 Å². The minimum atomic E-state index is 0.846. The Bertz CT molecular complexity index is 315. The summed E-state index contributed by atoms with van der Waals surface area (Å²) in [6.45, 7) is 5.74. The lowest BCUT2D eigenvalue weighted by atomic mass is 10.2. The minimum absolute atomic E-state index is 0.846. The summed E-state index contributed by atoms with van der Waals surface area (Å²) >= 11 is 0. The molecule has 1 rings (SSSR count). The highest BCUT2D eigenvalue weighted by Crippen LogP contribution is 2.16. The maximum atomic E-state index is 5.51. The van der Waals surface area contributed by atoms with Gasteiger partial charge in [0.05, 0.1) is 7.11 Å². The summed E-state index contributed by atoms with van der Waals surface area (Å²) in [4.78, 5) is 0. The van der Waals surface area contributed by atoms with E-state index in [1.807, 2.05) is 18.2 Å². The van der Waals surface area contributed by atoms with Crippen molar-refractivity contribution in [2.45, 2.75) is 32.7 Å². The molecule has 0 aliphatic carbocycles. The van der Waals surface area contributed by atoms with Crippen LogP contribution in [-0.2, 0) is 11.3 Å². The maximum Gasteiger partial charge on any atom is 0.123 e. The van der Waals surface area contributed by atoms with E-state index in [1.165, 1.54) is 12.0 Å². The van der Waals surface area contributed by atoms with Crippen molar-refractivity contribution in [2.75, 3.05) is 26.9 Å². The molecule has 0 radical (unpaired) electrons. The standard InChI is InChI=1S/C15H25NO2/c1-3-4-11-18-12-7-10-16-13-14-8-5-6-9-15(14)17-2/h5-6,8-9,16H,3-4,7,10-13H2,1-2H3. The molecular formula is C15H25NO2. The van der Waals surface area contributed by atoms with E-state index < -0.39 is 0 Å². The molecule has 0 unspecified atom stereocenters. The summed E-state index contributed by atoms with van der Waals surface area (Å²) in [5, 5.41) is 3.41. The van der Waals surface area contributed by atoms with Crippen LogP contribution < -0.4 is 10.1 Å². The van der Waals surface area contributed by atoms with Gasteiger partial charge >= 0.3 is 0 Å². The van der Waals surface area contributed by atoms with E-state index in [-0.39, 0.29) is 0 Å². The second-order valence-electron chi connectivity index (χ2n) is 4.31. The lowest BCUT2D eigenvalue weighted by Crippen LogP contribution is -2.17. The Morgan fingerprint density at radius 3 is 2.67 bits per heavy atom. The number of rotatable bonds is 10. The molecule has 3 heteroatoms. The predicted octanol–water partition coefficient (Wildman–Crippen LogP) is 2.99. The van der Waals surface area contributed by atoms with E-state index in [9.17, 15) is 0 Å². The van der Waals surface area contributed by atoms with E-state index in [0.717, 1.165) is 44.9 Å². The van der Waals surface area contributed by atoms with Crippen LogP contribution in [-0.4, -0.2) is 26.9 Å². The van der Waals surface area contributed by atoms with Gasteiger partial charge in [0.15, 0.2) is 0 Å². The van der Waals surface area contributed by atoms with Crippen molar-refractivity contribution < 1.29 is 9.47 Å². The summed E-state index contributed by atoms with van der Waals surface area (Å²) < 4.78 is 10.8. The highest BCUT2D eigenvalue weighted by molar-refractivity contribution is 5.32. The van der Waals surface area contributed by atoms with E-state index >= 15 is 0 Å². The zero-order valence-electron chi connectivity index (χ0n) is 11.6. The molecule has 1 N–H and O–H groups in total. The maximum absolute atomic E-state index is 5.51. The lowest BCUT2D eigenvalue weighted by molar-refractivity contribution is 0.128. The molecular weight excluding hydrogens is 226 g/mol. The Morgan fingerprint density at radius 2 is 1.89 bits per heavy atom. The van der Waals surface area contributed by atoms with Crippen molar-refractivity contribution in [2.24, 2.45) is 0 Å². The van der Waals surface area contributed by atoms with Crippen molar-refractivity contribution in [3.05, 3.63) is 29.8 Å². The average Bonchev–Trinajstić information content (AvgIpc) is 2.42. The van der Waals surface area contributed by atoms with Crippen LogP contribution >= 0.6 is 0 Å². The molecule has 1 aromatic carbocycles. The zero-order chi connectivity index (χ0) is 13.1. The number of nitrogens with one attached hydrogen (secondary N) is 1. The fourth-order valence-corrected chi connectivity index (χ4v) is 1.72. The number of ether oxygens (including phenoxy) is 2. The van der Waals surface area contributed by atoms with Gasteiger partial charge in [-0.3, -0.25) is 0 Å². The second kappa shape index (κ2) is 9.92. The number of methoxy groups -OCH3 is 1. The van der Waals surface area contributed by atoms with Crippen LogP contribution in [0.2, 0.25) is 0 Å². The number of hydrogen-bond donors (Lipinski definition) is 1. The number of para-hydroxylation sites is 1. The van der Waals surface area contributed by atoms with Crippen LogP contribution in [0.4, 0.5) is 0 Å². The van der Waals surface area contributed by atoms with Gasteiger partial charge in [0, 0.05) is 25.3 Å². The zero-order valence-corrected chi connectivity index (χ0v) is 11.6. The summed E-state index contributed by atoms with van der Waals surface area (Å²) in [7, 11) is 1.71. The Balaban J connectivity index is 2.07. The monoisotopic (exact) mass is 251 g/mol. The summed E-state index contributed by atoms with van der Waals surface area (Å²) in [5.74, 6) is 0.948. The molecule has 0 bridgehead atoms. The van der Waals surface area contributed by atoms with Crippen LogP contribution in [0.3, 0.4) is 0 Å². The first kappa shape index (κ1) is 15.0. The average molecular weight is 251 g/mol. The van der Waals surface area contributed by atoms with E-state index in [0.29, 0.717) is 0 Å². The van der Waals surface area contributed by atoms with Gasteiger partial charge in [0.1, 0.15) is 5.75 Å². The van der Waals surface area contributed by atoms with Crippen molar-refractivity contribution >= 4 is 0 Å². The molecule has 0 saturated carbocycles. The molecule has 0 aliphatic heterocycles. The Labute approximate surface area is 110 Å². The van der Waals surface area contributed by atoms with Crippen LogP contribution in [0.1, 0.15) is 31.7 Å². The number of unbranched alkanes of at least 4 members (excludes halogenated alkanes) is 1. The first-order valence-electron chi connectivity index (χ1n) is 6.78. The van der Waals surface area contributed by atoms with Gasteiger partial charge < -0.3 is 14.8 Å². The van der Waals surface area contributed by atoms with Crippen molar-refractivity contribution in [1.29, 1.82) is 0 Å². The first-order chi connectivity index (χ1) is 8.88. The number of benzene rings is 1. The van der Waals surface area contributed by atoms with E-state index in [4.69, 9.17) is 9.47 Å².